The van der Waals surface area contributed by atoms with Crippen molar-refractivity contribution in [3.05, 3.63) is 71.4 Å². The van der Waals surface area contributed by atoms with E-state index in [2.05, 4.69) is 4.98 Å². The number of fused-ring (bicyclic) bond motifs is 1. The van der Waals surface area contributed by atoms with Crippen LogP contribution in [0.5, 0.6) is 0 Å². The largest absolute Gasteiger partial charge is 0.361 e. The Morgan fingerprint density at radius 3 is 2.36 bits per heavy atom. The molecule has 0 aliphatic heterocycles. The van der Waals surface area contributed by atoms with Gasteiger partial charge < -0.3 is 4.98 Å². The van der Waals surface area contributed by atoms with Gasteiger partial charge in [-0.1, -0.05) is 23.8 Å². The van der Waals surface area contributed by atoms with Crippen LogP contribution in [0.4, 0.5) is 0 Å². The molecule has 0 aliphatic carbocycles. The number of aromatic nitrogens is 1. The molecule has 0 saturated heterocycles. The molecule has 22 heavy (non-hydrogen) atoms. The Kier molecular flexibility index (Phi) is 3.88. The van der Waals surface area contributed by atoms with Gasteiger partial charge in [0.05, 0.1) is 0 Å². The predicted molar refractivity (Wildman–Crippen MR) is 87.4 cm³/mol. The molecule has 0 radical (unpaired) electrons. The molecular formula is C19H17NO2. The fourth-order valence-electron chi connectivity index (χ4n) is 2.56. The highest BCUT2D eigenvalue weighted by Crippen LogP contribution is 2.17. The van der Waals surface area contributed by atoms with Crippen molar-refractivity contribution in [3.8, 4) is 0 Å². The van der Waals surface area contributed by atoms with Gasteiger partial charge in [-0.25, -0.2) is 0 Å². The molecule has 2 aromatic carbocycles. The van der Waals surface area contributed by atoms with Crippen LogP contribution in [0.15, 0.2) is 54.7 Å². The summed E-state index contributed by atoms with van der Waals surface area (Å²) < 4.78 is 0. The lowest BCUT2D eigenvalue weighted by molar-refractivity contribution is 0.0917. The first kappa shape index (κ1) is 14.3. The molecule has 110 valence electrons. The normalized spacial score (nSPS) is 10.8. The van der Waals surface area contributed by atoms with Crippen molar-refractivity contribution >= 4 is 22.5 Å². The number of rotatable bonds is 5. The maximum absolute atomic E-state index is 12.3. The summed E-state index contributed by atoms with van der Waals surface area (Å²) in [6.45, 7) is 1.95. The number of carbonyl (C=O) groups excluding carboxylic acids is 2. The minimum absolute atomic E-state index is 0.00380. The van der Waals surface area contributed by atoms with Gasteiger partial charge in [-0.3, -0.25) is 9.59 Å². The predicted octanol–water partition coefficient (Wildman–Crippen LogP) is 4.32. The monoisotopic (exact) mass is 291 g/mol. The number of Topliss-reactive ketones (excluding diaryl/α,β-unsaturated/α-hetero) is 2. The van der Waals surface area contributed by atoms with Crippen molar-refractivity contribution in [2.24, 2.45) is 0 Å². The molecule has 3 aromatic rings. The average Bonchev–Trinajstić information content (AvgIpc) is 2.99. The van der Waals surface area contributed by atoms with Gasteiger partial charge in [0.1, 0.15) is 0 Å². The number of hydrogen-bond acceptors (Lipinski definition) is 2. The van der Waals surface area contributed by atoms with E-state index in [0.717, 1.165) is 16.5 Å². The number of H-pyrrole nitrogens is 1. The zero-order valence-corrected chi connectivity index (χ0v) is 12.4. The smallest absolute Gasteiger partial charge is 0.163 e. The van der Waals surface area contributed by atoms with Gasteiger partial charge in [-0.05, 0) is 37.3 Å². The van der Waals surface area contributed by atoms with Gasteiger partial charge >= 0.3 is 0 Å². The molecule has 0 bridgehead atoms. The molecule has 3 rings (SSSR count). The van der Waals surface area contributed by atoms with Gasteiger partial charge in [-0.15, -0.1) is 0 Å². The van der Waals surface area contributed by atoms with Crippen molar-refractivity contribution in [2.75, 3.05) is 0 Å². The highest BCUT2D eigenvalue weighted by molar-refractivity contribution is 6.03. The molecule has 0 saturated carbocycles. The van der Waals surface area contributed by atoms with Crippen LogP contribution in [-0.4, -0.2) is 16.6 Å². The van der Waals surface area contributed by atoms with Crippen LogP contribution in [0.2, 0.25) is 0 Å². The first-order valence-electron chi connectivity index (χ1n) is 7.34. The number of hydrogen-bond donors (Lipinski definition) is 1. The lowest BCUT2D eigenvalue weighted by atomic mass is 10.00. The second kappa shape index (κ2) is 5.98. The Labute approximate surface area is 129 Å². The molecule has 0 fully saturated rings. The zero-order valence-electron chi connectivity index (χ0n) is 12.4. The quantitative estimate of drug-likeness (QED) is 0.712. The van der Waals surface area contributed by atoms with Gasteiger partial charge in [0, 0.05) is 41.1 Å². The van der Waals surface area contributed by atoms with Crippen molar-refractivity contribution in [1.82, 2.24) is 4.98 Å². The fraction of sp³-hybridized carbons (Fsp3) is 0.158. The molecule has 3 heteroatoms. The SMILES string of the molecule is Cc1cccc(C(=O)CCC(=O)c2ccc3[nH]ccc3c2)c1. The van der Waals surface area contributed by atoms with E-state index >= 15 is 0 Å². The Morgan fingerprint density at radius 2 is 1.64 bits per heavy atom. The first-order valence-corrected chi connectivity index (χ1v) is 7.34. The Bertz CT molecular complexity index is 845. The molecule has 0 aliphatic rings. The second-order valence-electron chi connectivity index (χ2n) is 5.50. The van der Waals surface area contributed by atoms with E-state index in [4.69, 9.17) is 0 Å². The maximum Gasteiger partial charge on any atom is 0.163 e. The number of aromatic amines is 1. The van der Waals surface area contributed by atoms with Crippen LogP contribution in [0.1, 0.15) is 39.1 Å². The van der Waals surface area contributed by atoms with E-state index < -0.39 is 0 Å². The molecule has 0 spiro atoms. The molecular weight excluding hydrogens is 274 g/mol. The summed E-state index contributed by atoms with van der Waals surface area (Å²) in [5.74, 6) is 0.0175. The Morgan fingerprint density at radius 1 is 0.909 bits per heavy atom. The molecule has 0 unspecified atom stereocenters. The molecule has 1 heterocycles. The highest BCUT2D eigenvalue weighted by Gasteiger charge is 2.11. The molecule has 1 N–H and O–H groups in total. The number of ketones is 2. The minimum Gasteiger partial charge on any atom is -0.361 e. The van der Waals surface area contributed by atoms with E-state index in [0.29, 0.717) is 11.1 Å². The van der Waals surface area contributed by atoms with Crippen LogP contribution < -0.4 is 0 Å². The second-order valence-corrected chi connectivity index (χ2v) is 5.50. The lowest BCUT2D eigenvalue weighted by Crippen LogP contribution is -2.05. The average molecular weight is 291 g/mol. The number of benzene rings is 2. The molecule has 1 aromatic heterocycles. The summed E-state index contributed by atoms with van der Waals surface area (Å²) in [7, 11) is 0. The van der Waals surface area contributed by atoms with E-state index in [1.54, 1.807) is 12.1 Å². The Balaban J connectivity index is 1.67. The summed E-state index contributed by atoms with van der Waals surface area (Å²) in [6.07, 6.45) is 2.33. The first-order chi connectivity index (χ1) is 10.6. The van der Waals surface area contributed by atoms with E-state index in [-0.39, 0.29) is 24.4 Å². The van der Waals surface area contributed by atoms with Crippen molar-refractivity contribution < 1.29 is 9.59 Å². The lowest BCUT2D eigenvalue weighted by Gasteiger charge is -2.03. The summed E-state index contributed by atoms with van der Waals surface area (Å²) >= 11 is 0. The highest BCUT2D eigenvalue weighted by atomic mass is 16.1. The van der Waals surface area contributed by atoms with E-state index in [1.165, 1.54) is 0 Å². The Hall–Kier alpha value is -2.68. The van der Waals surface area contributed by atoms with Crippen LogP contribution >= 0.6 is 0 Å². The standard InChI is InChI=1S/C19H17NO2/c1-13-3-2-4-15(11-13)18(21)7-8-19(22)16-5-6-17-14(12-16)9-10-20-17/h2-6,9-12,20H,7-8H2,1H3. The fourth-order valence-corrected chi connectivity index (χ4v) is 2.56. The molecule has 0 atom stereocenters. The van der Waals surface area contributed by atoms with Crippen LogP contribution in [0, 0.1) is 6.92 Å². The summed E-state index contributed by atoms with van der Waals surface area (Å²) in [4.78, 5) is 27.5. The third-order valence-electron chi connectivity index (χ3n) is 3.79. The third kappa shape index (κ3) is 2.98. The number of aryl methyl sites for hydroxylation is 1. The van der Waals surface area contributed by atoms with Crippen molar-refractivity contribution in [3.63, 3.8) is 0 Å². The summed E-state index contributed by atoms with van der Waals surface area (Å²) in [5, 5.41) is 1.01. The van der Waals surface area contributed by atoms with E-state index in [9.17, 15) is 9.59 Å². The third-order valence-corrected chi connectivity index (χ3v) is 3.79. The van der Waals surface area contributed by atoms with Gasteiger partial charge in [0.15, 0.2) is 11.6 Å². The molecule has 3 nitrogen and oxygen atoms in total. The number of nitrogens with one attached hydrogen (secondary N) is 1. The van der Waals surface area contributed by atoms with Crippen molar-refractivity contribution in [2.45, 2.75) is 19.8 Å². The van der Waals surface area contributed by atoms with Crippen LogP contribution in [-0.2, 0) is 0 Å². The topological polar surface area (TPSA) is 49.9 Å². The minimum atomic E-state index is 0.00380. The zero-order chi connectivity index (χ0) is 15.5. The summed E-state index contributed by atoms with van der Waals surface area (Å²) in [6, 6.07) is 15.0. The van der Waals surface area contributed by atoms with Crippen molar-refractivity contribution in [1.29, 1.82) is 0 Å². The molecule has 0 amide bonds. The summed E-state index contributed by atoms with van der Waals surface area (Å²) in [5.41, 5.74) is 3.39. The van der Waals surface area contributed by atoms with Crippen LogP contribution in [0.3, 0.4) is 0 Å². The van der Waals surface area contributed by atoms with E-state index in [1.807, 2.05) is 49.5 Å². The maximum atomic E-state index is 12.3. The van der Waals surface area contributed by atoms with Gasteiger partial charge in [0.25, 0.3) is 0 Å². The van der Waals surface area contributed by atoms with Crippen LogP contribution in [0.25, 0.3) is 10.9 Å². The van der Waals surface area contributed by atoms with Gasteiger partial charge in [-0.2, -0.15) is 0 Å². The van der Waals surface area contributed by atoms with Gasteiger partial charge in [0.2, 0.25) is 0 Å². The number of carbonyl (C=O) groups is 2.